The number of aliphatic hydroxyl groups excluding tert-OH is 2. The Morgan fingerprint density at radius 1 is 0.354 bits per heavy atom. The Kier molecular flexibility index (Phi) is 56.7. The smallest absolute Gasteiger partial charge is 0.220 e. The van der Waals surface area contributed by atoms with Gasteiger partial charge in [0.15, 0.2) is 0 Å². The standard InChI is InChI=1S/C61H121NO3/c1-3-5-7-9-11-13-15-17-19-21-22-23-24-25-26-27-28-29-30-31-32-33-34-35-36-37-38-39-40-41-43-45-47-49-51-53-55-57-61(65)62-59(58-63)60(64)56-54-52-50-48-46-44-42-20-18-16-14-12-10-8-6-4-2/h29-30,59-60,63-64H,3-28,31-58H2,1-2H3,(H,62,65)/b30-29-. The highest BCUT2D eigenvalue weighted by Gasteiger charge is 2.20. The molecule has 2 atom stereocenters. The molecule has 0 aromatic carbocycles. The van der Waals surface area contributed by atoms with E-state index in [1.54, 1.807) is 0 Å². The number of nitrogens with one attached hydrogen (secondary N) is 1. The lowest BCUT2D eigenvalue weighted by Gasteiger charge is -2.22. The van der Waals surface area contributed by atoms with E-state index in [2.05, 4.69) is 31.3 Å². The number of carbonyl (C=O) groups excluding carboxylic acids is 1. The van der Waals surface area contributed by atoms with E-state index in [1.807, 2.05) is 0 Å². The van der Waals surface area contributed by atoms with Crippen molar-refractivity contribution in [3.8, 4) is 0 Å². The number of aliphatic hydroxyl groups is 2. The monoisotopic (exact) mass is 916 g/mol. The zero-order valence-corrected chi connectivity index (χ0v) is 44.8. The van der Waals surface area contributed by atoms with Crippen LogP contribution < -0.4 is 5.32 Å². The molecule has 65 heavy (non-hydrogen) atoms. The van der Waals surface area contributed by atoms with E-state index in [4.69, 9.17) is 0 Å². The number of hydrogen-bond acceptors (Lipinski definition) is 3. The van der Waals surface area contributed by atoms with E-state index in [1.165, 1.54) is 302 Å². The van der Waals surface area contributed by atoms with Crippen molar-refractivity contribution in [3.63, 3.8) is 0 Å². The Bertz CT molecular complexity index is 905. The fraction of sp³-hybridized carbons (Fsp3) is 0.951. The molecular formula is C61H121NO3. The first kappa shape index (κ1) is 64.1. The minimum atomic E-state index is -0.656. The van der Waals surface area contributed by atoms with E-state index < -0.39 is 12.1 Å². The van der Waals surface area contributed by atoms with Gasteiger partial charge in [0, 0.05) is 6.42 Å². The maximum atomic E-state index is 12.5. The van der Waals surface area contributed by atoms with Gasteiger partial charge in [0.05, 0.1) is 18.8 Å². The zero-order chi connectivity index (χ0) is 47.0. The van der Waals surface area contributed by atoms with Crippen LogP contribution in [0.5, 0.6) is 0 Å². The van der Waals surface area contributed by atoms with Crippen molar-refractivity contribution in [1.82, 2.24) is 5.32 Å². The highest BCUT2D eigenvalue weighted by Crippen LogP contribution is 2.18. The molecule has 4 heteroatoms. The third-order valence-electron chi connectivity index (χ3n) is 14.5. The SMILES string of the molecule is CCCCCCCCCCCCCCCCCC/C=C\CCCCCCCCCCCCCCCCCCCC(=O)NC(CO)C(O)CCCCCCCCCCCCCCCCCC. The zero-order valence-electron chi connectivity index (χ0n) is 44.8. The van der Waals surface area contributed by atoms with Crippen LogP contribution in [0.25, 0.3) is 0 Å². The van der Waals surface area contributed by atoms with Gasteiger partial charge in [0.1, 0.15) is 0 Å². The number of amides is 1. The lowest BCUT2D eigenvalue weighted by Crippen LogP contribution is -2.45. The molecule has 2 unspecified atom stereocenters. The maximum absolute atomic E-state index is 12.5. The molecule has 0 bridgehead atoms. The van der Waals surface area contributed by atoms with E-state index in [9.17, 15) is 15.0 Å². The van der Waals surface area contributed by atoms with Gasteiger partial charge in [-0.25, -0.2) is 0 Å². The van der Waals surface area contributed by atoms with Crippen LogP contribution in [0.15, 0.2) is 12.2 Å². The van der Waals surface area contributed by atoms with Gasteiger partial charge in [-0.1, -0.05) is 321 Å². The van der Waals surface area contributed by atoms with Crippen molar-refractivity contribution >= 4 is 5.91 Å². The van der Waals surface area contributed by atoms with Gasteiger partial charge >= 0.3 is 0 Å². The Morgan fingerprint density at radius 2 is 0.585 bits per heavy atom. The lowest BCUT2D eigenvalue weighted by molar-refractivity contribution is -0.123. The van der Waals surface area contributed by atoms with Gasteiger partial charge in [-0.2, -0.15) is 0 Å². The highest BCUT2D eigenvalue weighted by atomic mass is 16.3. The summed E-state index contributed by atoms with van der Waals surface area (Å²) < 4.78 is 0. The summed E-state index contributed by atoms with van der Waals surface area (Å²) in [6, 6.07) is -0.533. The molecule has 0 spiro atoms. The molecular weight excluding hydrogens is 795 g/mol. The number of hydrogen-bond donors (Lipinski definition) is 3. The molecule has 0 aliphatic heterocycles. The molecule has 3 N–H and O–H groups in total. The van der Waals surface area contributed by atoms with Crippen molar-refractivity contribution in [2.75, 3.05) is 6.61 Å². The van der Waals surface area contributed by atoms with Crippen LogP contribution in [-0.2, 0) is 4.79 Å². The molecule has 388 valence electrons. The Labute approximate surface area is 409 Å². The number of allylic oxidation sites excluding steroid dienone is 2. The minimum Gasteiger partial charge on any atom is -0.394 e. The molecule has 0 aromatic heterocycles. The normalized spacial score (nSPS) is 12.7. The summed E-state index contributed by atoms with van der Waals surface area (Å²) >= 11 is 0. The van der Waals surface area contributed by atoms with Crippen LogP contribution >= 0.6 is 0 Å². The Balaban J connectivity index is 3.36. The molecule has 1 amide bonds. The third-order valence-corrected chi connectivity index (χ3v) is 14.5. The summed E-state index contributed by atoms with van der Waals surface area (Å²) in [5.74, 6) is -0.0240. The van der Waals surface area contributed by atoms with Crippen molar-refractivity contribution in [1.29, 1.82) is 0 Å². The second-order valence-electron chi connectivity index (χ2n) is 21.1. The second-order valence-corrected chi connectivity index (χ2v) is 21.1. The number of unbranched alkanes of at least 4 members (excludes halogenated alkanes) is 48. The first-order chi connectivity index (χ1) is 32.2. The van der Waals surface area contributed by atoms with Crippen molar-refractivity contribution < 1.29 is 15.0 Å². The van der Waals surface area contributed by atoms with Gasteiger partial charge < -0.3 is 15.5 Å². The van der Waals surface area contributed by atoms with Gasteiger partial charge in [-0.05, 0) is 38.5 Å². The fourth-order valence-electron chi connectivity index (χ4n) is 9.89. The van der Waals surface area contributed by atoms with E-state index in [0.717, 1.165) is 25.7 Å². The largest absolute Gasteiger partial charge is 0.394 e. The predicted molar refractivity (Wildman–Crippen MR) is 290 cm³/mol. The first-order valence-corrected chi connectivity index (χ1v) is 30.4. The van der Waals surface area contributed by atoms with E-state index in [0.29, 0.717) is 12.8 Å². The Morgan fingerprint density at radius 3 is 0.846 bits per heavy atom. The van der Waals surface area contributed by atoms with Crippen molar-refractivity contribution in [2.24, 2.45) is 0 Å². The van der Waals surface area contributed by atoms with E-state index in [-0.39, 0.29) is 12.5 Å². The highest BCUT2D eigenvalue weighted by molar-refractivity contribution is 5.76. The molecule has 0 aromatic rings. The predicted octanol–water partition coefficient (Wildman–Crippen LogP) is 20.1. The van der Waals surface area contributed by atoms with Crippen molar-refractivity contribution in [2.45, 2.75) is 366 Å². The van der Waals surface area contributed by atoms with Crippen LogP contribution in [0.4, 0.5) is 0 Å². The fourth-order valence-corrected chi connectivity index (χ4v) is 9.89. The average molecular weight is 917 g/mol. The molecule has 0 saturated carbocycles. The number of rotatable bonds is 57. The second kappa shape index (κ2) is 57.4. The summed E-state index contributed by atoms with van der Waals surface area (Å²) in [4.78, 5) is 12.5. The van der Waals surface area contributed by atoms with Gasteiger partial charge in [0.25, 0.3) is 0 Å². The topological polar surface area (TPSA) is 69.6 Å². The van der Waals surface area contributed by atoms with Crippen LogP contribution in [0.2, 0.25) is 0 Å². The summed E-state index contributed by atoms with van der Waals surface area (Å²) in [5, 5.41) is 23.3. The number of carbonyl (C=O) groups is 1. The van der Waals surface area contributed by atoms with Gasteiger partial charge in [-0.3, -0.25) is 4.79 Å². The molecule has 0 aliphatic carbocycles. The molecule has 0 rings (SSSR count). The summed E-state index contributed by atoms with van der Waals surface area (Å²) in [5.41, 5.74) is 0. The molecule has 0 aliphatic rings. The van der Waals surface area contributed by atoms with Crippen LogP contribution in [-0.4, -0.2) is 34.9 Å². The van der Waals surface area contributed by atoms with Crippen molar-refractivity contribution in [3.05, 3.63) is 12.2 Å². The minimum absolute atomic E-state index is 0.0240. The van der Waals surface area contributed by atoms with Gasteiger partial charge in [-0.15, -0.1) is 0 Å². The van der Waals surface area contributed by atoms with E-state index >= 15 is 0 Å². The molecule has 4 nitrogen and oxygen atoms in total. The molecule has 0 radical (unpaired) electrons. The first-order valence-electron chi connectivity index (χ1n) is 30.4. The third kappa shape index (κ3) is 53.9. The summed E-state index contributed by atoms with van der Waals surface area (Å²) in [6.45, 7) is 4.40. The molecule has 0 fully saturated rings. The van der Waals surface area contributed by atoms with Crippen LogP contribution in [0.3, 0.4) is 0 Å². The lowest BCUT2D eigenvalue weighted by atomic mass is 10.0. The maximum Gasteiger partial charge on any atom is 0.220 e. The summed E-state index contributed by atoms with van der Waals surface area (Å²) in [7, 11) is 0. The van der Waals surface area contributed by atoms with Crippen LogP contribution in [0.1, 0.15) is 354 Å². The molecule has 0 heterocycles. The Hall–Kier alpha value is -0.870. The van der Waals surface area contributed by atoms with Crippen LogP contribution in [0, 0.1) is 0 Å². The van der Waals surface area contributed by atoms with Gasteiger partial charge in [0.2, 0.25) is 5.91 Å². The average Bonchev–Trinajstić information content (AvgIpc) is 3.31. The quantitative estimate of drug-likeness (QED) is 0.0421. The summed E-state index contributed by atoms with van der Waals surface area (Å²) in [6.07, 6.45) is 75.2. The molecule has 0 saturated heterocycles.